The van der Waals surface area contributed by atoms with Crippen LogP contribution in [0, 0.1) is 0 Å². The molecule has 0 spiro atoms. The molecule has 1 aliphatic rings. The van der Waals surface area contributed by atoms with Gasteiger partial charge in [-0.2, -0.15) is 0 Å². The molecule has 33 heavy (non-hydrogen) atoms. The summed E-state index contributed by atoms with van der Waals surface area (Å²) in [6.07, 6.45) is 3.21. The SMILES string of the molecule is CCOC(=O)[C@H](Cc1c[nH]c2ccccc12)N[C@H]1CCc2ccccc2N(CC(=O)O)C1=O. The summed E-state index contributed by atoms with van der Waals surface area (Å²) in [4.78, 5) is 42.2. The average Bonchev–Trinajstić information content (AvgIpc) is 3.16. The van der Waals surface area contributed by atoms with Crippen LogP contribution in [0.4, 0.5) is 5.69 Å². The molecule has 2 atom stereocenters. The minimum atomic E-state index is -1.10. The zero-order valence-electron chi connectivity index (χ0n) is 18.4. The number of fused-ring (bicyclic) bond motifs is 2. The Morgan fingerprint density at radius 3 is 2.76 bits per heavy atom. The first-order valence-corrected chi connectivity index (χ1v) is 11.1. The lowest BCUT2D eigenvalue weighted by Gasteiger charge is -2.27. The highest BCUT2D eigenvalue weighted by Crippen LogP contribution is 2.27. The molecule has 1 aromatic heterocycles. The summed E-state index contributed by atoms with van der Waals surface area (Å²) in [5, 5.41) is 13.6. The Morgan fingerprint density at radius 2 is 1.97 bits per heavy atom. The molecular weight excluding hydrogens is 422 g/mol. The number of amides is 1. The van der Waals surface area contributed by atoms with E-state index in [1.165, 1.54) is 4.90 Å². The number of carbonyl (C=O) groups excluding carboxylic acids is 2. The Hall–Kier alpha value is -3.65. The van der Waals surface area contributed by atoms with Gasteiger partial charge in [0.25, 0.3) is 0 Å². The third-order valence-corrected chi connectivity index (χ3v) is 5.91. The van der Waals surface area contributed by atoms with Gasteiger partial charge in [-0.3, -0.25) is 24.6 Å². The lowest BCUT2D eigenvalue weighted by molar-refractivity contribution is -0.146. The lowest BCUT2D eigenvalue weighted by Crippen LogP contribution is -2.53. The van der Waals surface area contributed by atoms with Gasteiger partial charge >= 0.3 is 11.9 Å². The molecule has 0 aliphatic carbocycles. The van der Waals surface area contributed by atoms with Crippen molar-refractivity contribution in [2.24, 2.45) is 0 Å². The van der Waals surface area contributed by atoms with Crippen LogP contribution in [-0.4, -0.2) is 53.2 Å². The number of ether oxygens (including phenoxy) is 1. The van der Waals surface area contributed by atoms with Crippen LogP contribution in [0.1, 0.15) is 24.5 Å². The molecule has 0 saturated heterocycles. The monoisotopic (exact) mass is 449 g/mol. The number of para-hydroxylation sites is 2. The highest BCUT2D eigenvalue weighted by Gasteiger charge is 2.34. The Balaban J connectivity index is 1.61. The smallest absolute Gasteiger partial charge is 0.323 e. The third kappa shape index (κ3) is 4.90. The number of hydrogen-bond acceptors (Lipinski definition) is 5. The lowest BCUT2D eigenvalue weighted by atomic mass is 10.0. The van der Waals surface area contributed by atoms with Crippen molar-refractivity contribution in [1.29, 1.82) is 0 Å². The summed E-state index contributed by atoms with van der Waals surface area (Å²) >= 11 is 0. The van der Waals surface area contributed by atoms with Crippen LogP contribution in [0.25, 0.3) is 10.9 Å². The van der Waals surface area contributed by atoms with Crippen molar-refractivity contribution in [2.75, 3.05) is 18.1 Å². The van der Waals surface area contributed by atoms with Crippen LogP contribution in [0.2, 0.25) is 0 Å². The van der Waals surface area contributed by atoms with Crippen molar-refractivity contribution < 1.29 is 24.2 Å². The second-order valence-corrected chi connectivity index (χ2v) is 8.07. The number of nitrogens with zero attached hydrogens (tertiary/aromatic N) is 1. The van der Waals surface area contributed by atoms with E-state index in [4.69, 9.17) is 4.74 Å². The predicted molar refractivity (Wildman–Crippen MR) is 124 cm³/mol. The number of nitrogens with one attached hydrogen (secondary N) is 2. The van der Waals surface area contributed by atoms with Crippen LogP contribution in [0.5, 0.6) is 0 Å². The summed E-state index contributed by atoms with van der Waals surface area (Å²) in [6.45, 7) is 1.52. The van der Waals surface area contributed by atoms with Gasteiger partial charge in [-0.05, 0) is 43.0 Å². The van der Waals surface area contributed by atoms with Crippen LogP contribution >= 0.6 is 0 Å². The van der Waals surface area contributed by atoms with E-state index in [1.54, 1.807) is 19.1 Å². The molecule has 3 N–H and O–H groups in total. The van der Waals surface area contributed by atoms with Crippen LogP contribution in [0.15, 0.2) is 54.7 Å². The first-order valence-electron chi connectivity index (χ1n) is 11.1. The maximum atomic E-state index is 13.4. The highest BCUT2D eigenvalue weighted by atomic mass is 16.5. The fourth-order valence-corrected chi connectivity index (χ4v) is 4.39. The number of aliphatic carboxylic acids is 1. The van der Waals surface area contributed by atoms with E-state index in [0.29, 0.717) is 24.9 Å². The van der Waals surface area contributed by atoms with Gasteiger partial charge in [0, 0.05) is 29.2 Å². The second kappa shape index (κ2) is 9.87. The third-order valence-electron chi connectivity index (χ3n) is 5.91. The molecule has 1 amide bonds. The minimum Gasteiger partial charge on any atom is -0.480 e. The topological polar surface area (TPSA) is 112 Å². The fraction of sp³-hybridized carbons (Fsp3) is 0.320. The van der Waals surface area contributed by atoms with E-state index in [9.17, 15) is 19.5 Å². The van der Waals surface area contributed by atoms with E-state index < -0.39 is 30.6 Å². The van der Waals surface area contributed by atoms with Gasteiger partial charge < -0.3 is 14.8 Å². The zero-order valence-corrected chi connectivity index (χ0v) is 18.4. The van der Waals surface area contributed by atoms with E-state index in [1.807, 2.05) is 42.6 Å². The van der Waals surface area contributed by atoms with Crippen molar-refractivity contribution in [2.45, 2.75) is 38.3 Å². The summed E-state index contributed by atoms with van der Waals surface area (Å²) in [7, 11) is 0. The van der Waals surface area contributed by atoms with Crippen molar-refractivity contribution >= 4 is 34.4 Å². The highest BCUT2D eigenvalue weighted by molar-refractivity contribution is 6.02. The number of carbonyl (C=O) groups is 3. The first kappa shape index (κ1) is 22.5. The molecule has 8 heteroatoms. The van der Waals surface area contributed by atoms with Crippen molar-refractivity contribution in [3.05, 3.63) is 65.9 Å². The molecule has 0 radical (unpaired) electrons. The fourth-order valence-electron chi connectivity index (χ4n) is 4.39. The van der Waals surface area contributed by atoms with E-state index in [2.05, 4.69) is 10.3 Å². The van der Waals surface area contributed by atoms with Gasteiger partial charge in [-0.1, -0.05) is 36.4 Å². The van der Waals surface area contributed by atoms with Gasteiger partial charge in [0.1, 0.15) is 12.6 Å². The number of hydrogen-bond donors (Lipinski definition) is 3. The molecular formula is C25H27N3O5. The van der Waals surface area contributed by atoms with Crippen molar-refractivity contribution in [3.63, 3.8) is 0 Å². The molecule has 3 aromatic rings. The maximum Gasteiger partial charge on any atom is 0.323 e. The number of benzene rings is 2. The number of anilines is 1. The molecule has 0 unspecified atom stereocenters. The molecule has 2 aromatic carbocycles. The quantitative estimate of drug-likeness (QED) is 0.456. The number of H-pyrrole nitrogens is 1. The number of aromatic nitrogens is 1. The molecule has 0 bridgehead atoms. The number of aryl methyl sites for hydroxylation is 1. The Labute approximate surface area is 191 Å². The molecule has 172 valence electrons. The molecule has 2 heterocycles. The summed E-state index contributed by atoms with van der Waals surface area (Å²) in [6, 6.07) is 13.6. The van der Waals surface area contributed by atoms with Crippen LogP contribution in [-0.2, 0) is 32.0 Å². The predicted octanol–water partition coefficient (Wildman–Crippen LogP) is 2.66. The van der Waals surface area contributed by atoms with Gasteiger partial charge in [-0.15, -0.1) is 0 Å². The van der Waals surface area contributed by atoms with E-state index in [-0.39, 0.29) is 12.5 Å². The molecule has 4 rings (SSSR count). The standard InChI is InChI=1S/C25H27N3O5/c1-2-33-25(32)21(13-17-14-26-19-9-5-4-8-18(17)19)27-20-12-11-16-7-3-6-10-22(16)28(24(20)31)15-23(29)30/h3-10,14,20-21,26-27H,2,11-13,15H2,1H3,(H,29,30)/t20-,21-/m0/s1. The van der Waals surface area contributed by atoms with E-state index >= 15 is 0 Å². The second-order valence-electron chi connectivity index (χ2n) is 8.07. The molecule has 8 nitrogen and oxygen atoms in total. The number of carboxylic acid groups (broad SMARTS) is 1. The Kier molecular flexibility index (Phi) is 6.74. The van der Waals surface area contributed by atoms with E-state index in [0.717, 1.165) is 22.0 Å². The van der Waals surface area contributed by atoms with Gasteiger partial charge in [-0.25, -0.2) is 0 Å². The Morgan fingerprint density at radius 1 is 1.21 bits per heavy atom. The summed E-state index contributed by atoms with van der Waals surface area (Å²) in [5.41, 5.74) is 3.39. The van der Waals surface area contributed by atoms with Crippen LogP contribution in [0.3, 0.4) is 0 Å². The number of rotatable bonds is 8. The number of esters is 1. The van der Waals surface area contributed by atoms with Gasteiger partial charge in [0.2, 0.25) is 5.91 Å². The normalized spacial score (nSPS) is 16.8. The largest absolute Gasteiger partial charge is 0.480 e. The van der Waals surface area contributed by atoms with Crippen LogP contribution < -0.4 is 10.2 Å². The first-order chi connectivity index (χ1) is 16.0. The molecule has 0 fully saturated rings. The van der Waals surface area contributed by atoms with Crippen molar-refractivity contribution in [3.8, 4) is 0 Å². The molecule has 1 aliphatic heterocycles. The average molecular weight is 450 g/mol. The zero-order chi connectivity index (χ0) is 23.4. The number of aromatic amines is 1. The molecule has 0 saturated carbocycles. The van der Waals surface area contributed by atoms with Gasteiger partial charge in [0.15, 0.2) is 0 Å². The van der Waals surface area contributed by atoms with Gasteiger partial charge in [0.05, 0.1) is 12.6 Å². The summed E-state index contributed by atoms with van der Waals surface area (Å²) in [5.74, 6) is -1.91. The number of carboxylic acids is 1. The summed E-state index contributed by atoms with van der Waals surface area (Å²) < 4.78 is 5.30. The Bertz CT molecular complexity index is 1170. The van der Waals surface area contributed by atoms with Crippen molar-refractivity contribution in [1.82, 2.24) is 10.3 Å². The minimum absolute atomic E-state index is 0.222. The maximum absolute atomic E-state index is 13.4.